The Balaban J connectivity index is 0.000000137. The van der Waals surface area contributed by atoms with Crippen molar-refractivity contribution in [2.75, 3.05) is 6.61 Å². The summed E-state index contributed by atoms with van der Waals surface area (Å²) in [6.07, 6.45) is 14.0. The molecule has 0 aromatic heterocycles. The number of hydrogen-bond donors (Lipinski definition) is 0. The van der Waals surface area contributed by atoms with Crippen LogP contribution in [0.5, 0.6) is 0 Å². The fourth-order valence-electron chi connectivity index (χ4n) is 14.0. The molecule has 0 spiro atoms. The van der Waals surface area contributed by atoms with Crippen molar-refractivity contribution in [3.05, 3.63) is 0 Å². The van der Waals surface area contributed by atoms with Crippen LogP contribution in [-0.2, 0) is 42.9 Å². The summed E-state index contributed by atoms with van der Waals surface area (Å²) < 4.78 is 21.4. The third-order valence-electron chi connectivity index (χ3n) is 17.6. The zero-order valence-corrected chi connectivity index (χ0v) is 34.3. The zero-order valence-electron chi connectivity index (χ0n) is 34.3. The summed E-state index contributed by atoms with van der Waals surface area (Å²) in [5, 5.41) is 0. The number of ether oxygens (including phenoxy) is 4. The molecule has 2 saturated heterocycles. The van der Waals surface area contributed by atoms with E-state index >= 15 is 0 Å². The minimum absolute atomic E-state index is 0.0960. The number of cyclic esters (lactones) is 3. The molecule has 0 amide bonds. The van der Waals surface area contributed by atoms with Crippen LogP contribution in [0.3, 0.4) is 0 Å². The monoisotopic (exact) mass is 752 g/mol. The molecule has 10 rings (SSSR count). The Morgan fingerprint density at radius 2 is 1.28 bits per heavy atom. The molecular weight excluding hydrogens is 684 g/mol. The third-order valence-corrected chi connectivity index (χ3v) is 17.6. The average molecular weight is 753 g/mol. The van der Waals surface area contributed by atoms with Gasteiger partial charge in [0.1, 0.15) is 11.7 Å². The van der Waals surface area contributed by atoms with E-state index in [1.165, 1.54) is 58.3 Å². The maximum atomic E-state index is 13.2. The van der Waals surface area contributed by atoms with Crippen molar-refractivity contribution in [1.82, 2.24) is 0 Å². The van der Waals surface area contributed by atoms with Crippen molar-refractivity contribution in [3.63, 3.8) is 0 Å². The van der Waals surface area contributed by atoms with Gasteiger partial charge in [0.25, 0.3) is 0 Å². The van der Waals surface area contributed by atoms with E-state index in [1.807, 2.05) is 0 Å². The molecule has 54 heavy (non-hydrogen) atoms. The van der Waals surface area contributed by atoms with Crippen LogP contribution in [0.15, 0.2) is 0 Å². The van der Waals surface area contributed by atoms with Gasteiger partial charge in [-0.25, -0.2) is 0 Å². The van der Waals surface area contributed by atoms with Crippen LogP contribution in [0.1, 0.15) is 132 Å². The Labute approximate surface area is 323 Å². The highest BCUT2D eigenvalue weighted by atomic mass is 16.6. The largest absolute Gasteiger partial charge is 0.465 e. The number of rotatable bonds is 7. The fourth-order valence-corrected chi connectivity index (χ4v) is 14.0. The minimum atomic E-state index is -0.396. The van der Waals surface area contributed by atoms with Crippen molar-refractivity contribution < 1.29 is 42.9 Å². The Morgan fingerprint density at radius 3 is 1.70 bits per heavy atom. The molecule has 10 fully saturated rings. The quantitative estimate of drug-likeness (QED) is 0.144. The number of fused-ring (bicyclic) bond motifs is 4. The van der Waals surface area contributed by atoms with Gasteiger partial charge < -0.3 is 18.9 Å². The molecule has 14 atom stereocenters. The summed E-state index contributed by atoms with van der Waals surface area (Å²) in [7, 11) is 0. The summed E-state index contributed by atoms with van der Waals surface area (Å²) in [5.74, 6) is 8.20. The molecule has 0 aromatic carbocycles. The van der Waals surface area contributed by atoms with Gasteiger partial charge in [-0.1, -0.05) is 48.5 Å². The first-order chi connectivity index (χ1) is 25.6. The second kappa shape index (κ2) is 15.5. The van der Waals surface area contributed by atoms with Gasteiger partial charge in [-0.2, -0.15) is 0 Å². The fraction of sp³-hybridized carbons (Fsp3) is 0.889. The summed E-state index contributed by atoms with van der Waals surface area (Å²) in [6.45, 7) is 17.0. The molecule has 8 saturated carbocycles. The highest BCUT2D eigenvalue weighted by molar-refractivity contribution is 5.95. The lowest BCUT2D eigenvalue weighted by Gasteiger charge is -2.60. The van der Waals surface area contributed by atoms with Crippen molar-refractivity contribution in [1.29, 1.82) is 0 Å². The lowest BCUT2D eigenvalue weighted by atomic mass is 9.49. The molecule has 0 aromatic rings. The molecule has 0 radical (unpaired) electrons. The molecule has 9 heteroatoms. The first kappa shape index (κ1) is 39.8. The van der Waals surface area contributed by atoms with E-state index in [9.17, 15) is 24.0 Å². The summed E-state index contributed by atoms with van der Waals surface area (Å²) in [4.78, 5) is 57.6. The van der Waals surface area contributed by atoms with Crippen LogP contribution in [0.25, 0.3) is 0 Å². The first-order valence-electron chi connectivity index (χ1n) is 21.9. The van der Waals surface area contributed by atoms with Crippen LogP contribution in [0.4, 0.5) is 0 Å². The third kappa shape index (κ3) is 7.18. The highest BCUT2D eigenvalue weighted by Gasteiger charge is 2.60. The number of hydrogen-bond acceptors (Lipinski definition) is 9. The van der Waals surface area contributed by atoms with Crippen LogP contribution in [0.2, 0.25) is 0 Å². The molecular formula is C45H68O9. The van der Waals surface area contributed by atoms with Gasteiger partial charge in [0.2, 0.25) is 0 Å². The molecule has 9 nitrogen and oxygen atoms in total. The maximum Gasteiger partial charge on any atom is 0.317 e. The second-order valence-electron chi connectivity index (χ2n) is 19.9. The zero-order chi connectivity index (χ0) is 38.8. The molecule has 0 N–H and O–H groups in total. The predicted octanol–water partition coefficient (Wildman–Crippen LogP) is 8.20. The Kier molecular flexibility index (Phi) is 11.4. The van der Waals surface area contributed by atoms with Gasteiger partial charge in [-0.05, 0) is 154 Å². The van der Waals surface area contributed by atoms with Crippen molar-refractivity contribution in [2.45, 2.75) is 144 Å². The molecule has 14 unspecified atom stereocenters. The van der Waals surface area contributed by atoms with Crippen LogP contribution >= 0.6 is 0 Å². The maximum absolute atomic E-state index is 13.2. The topological polar surface area (TPSA) is 122 Å². The van der Waals surface area contributed by atoms with Crippen molar-refractivity contribution >= 4 is 29.8 Å². The van der Waals surface area contributed by atoms with Gasteiger partial charge in [0, 0.05) is 6.92 Å². The first-order valence-corrected chi connectivity index (χ1v) is 21.9. The van der Waals surface area contributed by atoms with Gasteiger partial charge >= 0.3 is 29.8 Å². The van der Waals surface area contributed by atoms with Crippen molar-refractivity contribution in [2.24, 2.45) is 101 Å². The van der Waals surface area contributed by atoms with Gasteiger partial charge in [0.05, 0.1) is 30.3 Å². The van der Waals surface area contributed by atoms with E-state index in [4.69, 9.17) is 14.2 Å². The smallest absolute Gasteiger partial charge is 0.317 e. The van der Waals surface area contributed by atoms with E-state index in [1.54, 1.807) is 13.8 Å². The standard InChI is InChI=1S/C22H34O2.C17H26O4.C6H8O3/c1-4-22(17-6-14-5-15(8-17)9-18(22)7-14)24-21(23)20-11-16-10-19(20)13(3)12(16)2;1-9-10(2)15-7-12(9)6-13(15)8-16(21-11(3)18)14-4-5-20-17(14)19;1-3-4(2)6(8)9-5(3)7/h12-20H,4-11H2,1-3H3;9-10,12-16H,4-8H2,1-3H3;3-4H,1-2H3. The minimum Gasteiger partial charge on any atom is -0.465 e. The van der Waals surface area contributed by atoms with Crippen molar-refractivity contribution in [3.8, 4) is 0 Å². The van der Waals surface area contributed by atoms with Crippen LogP contribution in [-0.4, -0.2) is 48.2 Å². The van der Waals surface area contributed by atoms with E-state index in [0.29, 0.717) is 42.6 Å². The Bertz CT molecular complexity index is 1400. The average Bonchev–Trinajstić information content (AvgIpc) is 3.98. The molecule has 2 aliphatic heterocycles. The van der Waals surface area contributed by atoms with Crippen LogP contribution < -0.4 is 0 Å². The lowest BCUT2D eigenvalue weighted by molar-refractivity contribution is -0.216. The molecule has 8 bridgehead atoms. The molecule has 2 heterocycles. The van der Waals surface area contributed by atoms with Crippen LogP contribution in [0, 0.1) is 101 Å². The summed E-state index contributed by atoms with van der Waals surface area (Å²) in [6, 6.07) is 0. The lowest BCUT2D eigenvalue weighted by Crippen LogP contribution is -2.60. The van der Waals surface area contributed by atoms with E-state index in [-0.39, 0.29) is 53.3 Å². The number of carbonyl (C=O) groups excluding carboxylic acids is 5. The predicted molar refractivity (Wildman–Crippen MR) is 201 cm³/mol. The van der Waals surface area contributed by atoms with E-state index in [2.05, 4.69) is 39.4 Å². The normalized spacial score (nSPS) is 48.1. The summed E-state index contributed by atoms with van der Waals surface area (Å²) in [5.41, 5.74) is -0.0960. The van der Waals surface area contributed by atoms with Gasteiger partial charge in [0.15, 0.2) is 0 Å². The Morgan fingerprint density at radius 1 is 0.722 bits per heavy atom. The summed E-state index contributed by atoms with van der Waals surface area (Å²) >= 11 is 0. The second-order valence-corrected chi connectivity index (χ2v) is 19.9. The van der Waals surface area contributed by atoms with E-state index < -0.39 is 11.9 Å². The molecule has 10 aliphatic rings. The van der Waals surface area contributed by atoms with Gasteiger partial charge in [-0.15, -0.1) is 0 Å². The number of carbonyl (C=O) groups is 5. The highest BCUT2D eigenvalue weighted by Crippen LogP contribution is 2.62. The Hall–Kier alpha value is -2.45. The number of esters is 5. The molecule has 8 aliphatic carbocycles. The SMILES string of the molecule is CC(=O)OC(CC1CC2CC1C(C)C2C)C1CCOC1=O.CC1C(=O)OC(=O)C1C.CCC1(OC(=O)C2CC3CC2C(C)C3C)C2CC3CC(C2)CC1C3. The molecule has 302 valence electrons. The van der Waals surface area contributed by atoms with E-state index in [0.717, 1.165) is 66.6 Å². The van der Waals surface area contributed by atoms with Gasteiger partial charge in [-0.3, -0.25) is 24.0 Å².